The highest BCUT2D eigenvalue weighted by atomic mass is 79.9. The summed E-state index contributed by atoms with van der Waals surface area (Å²) in [6, 6.07) is 2.49. The van der Waals surface area contributed by atoms with Crippen LogP contribution in [0.5, 0.6) is 0 Å². The van der Waals surface area contributed by atoms with Gasteiger partial charge in [0.2, 0.25) is 11.7 Å². The van der Waals surface area contributed by atoms with Crippen LogP contribution in [0.1, 0.15) is 25.7 Å². The highest BCUT2D eigenvalue weighted by Crippen LogP contribution is 2.35. The molecule has 1 saturated heterocycles. The molecule has 0 radical (unpaired) electrons. The molecule has 0 amide bonds. The largest absolute Gasteiger partial charge is 0.338 e. The zero-order valence-electron chi connectivity index (χ0n) is 11.4. The van der Waals surface area contributed by atoms with Crippen molar-refractivity contribution >= 4 is 15.9 Å². The van der Waals surface area contributed by atoms with Crippen LogP contribution in [0.4, 0.5) is 8.78 Å². The van der Waals surface area contributed by atoms with Crippen molar-refractivity contribution in [3.8, 4) is 11.4 Å². The van der Waals surface area contributed by atoms with E-state index in [1.807, 2.05) is 0 Å². The van der Waals surface area contributed by atoms with E-state index in [2.05, 4.69) is 38.3 Å². The maximum atomic E-state index is 13.6. The van der Waals surface area contributed by atoms with Gasteiger partial charge in [0.15, 0.2) is 11.6 Å². The van der Waals surface area contributed by atoms with Gasteiger partial charge in [-0.2, -0.15) is 4.98 Å². The third kappa shape index (κ3) is 2.38. The molecule has 4 nitrogen and oxygen atoms in total. The third-order valence-electron chi connectivity index (χ3n) is 4.08. The normalized spacial score (nSPS) is 21.9. The van der Waals surface area contributed by atoms with Gasteiger partial charge < -0.3 is 9.84 Å². The molecule has 1 aromatic heterocycles. The Kier molecular flexibility index (Phi) is 3.79. The topological polar surface area (TPSA) is 51.0 Å². The van der Waals surface area contributed by atoms with Crippen molar-refractivity contribution in [2.45, 2.75) is 25.2 Å². The monoisotopic (exact) mass is 357 g/mol. The van der Waals surface area contributed by atoms with Gasteiger partial charge in [0.05, 0.1) is 9.89 Å². The highest BCUT2D eigenvalue weighted by molar-refractivity contribution is 9.10. The first-order valence-electron chi connectivity index (χ1n) is 6.76. The Morgan fingerprint density at radius 1 is 1.43 bits per heavy atom. The fourth-order valence-corrected chi connectivity index (χ4v) is 3.13. The van der Waals surface area contributed by atoms with Crippen molar-refractivity contribution in [1.29, 1.82) is 0 Å². The molecule has 0 spiro atoms. The number of hydrogen-bond donors (Lipinski definition) is 1. The minimum Gasteiger partial charge on any atom is -0.338 e. The summed E-state index contributed by atoms with van der Waals surface area (Å²) >= 11 is 3.04. The first kappa shape index (κ1) is 14.6. The van der Waals surface area contributed by atoms with Gasteiger partial charge in [0, 0.05) is 12.1 Å². The Labute approximate surface area is 129 Å². The summed E-state index contributed by atoms with van der Waals surface area (Å²) in [5.74, 6) is -1.07. The molecule has 2 heterocycles. The molecular weight excluding hydrogens is 344 g/mol. The summed E-state index contributed by atoms with van der Waals surface area (Å²) in [5.41, 5.74) is 0.206. The van der Waals surface area contributed by atoms with Gasteiger partial charge in [0.1, 0.15) is 0 Å². The minimum absolute atomic E-state index is 0.00458. The number of benzene rings is 1. The summed E-state index contributed by atoms with van der Waals surface area (Å²) in [4.78, 5) is 4.40. The molecule has 1 atom stereocenters. The van der Waals surface area contributed by atoms with Crippen LogP contribution in [-0.4, -0.2) is 23.2 Å². The molecule has 0 saturated carbocycles. The van der Waals surface area contributed by atoms with Gasteiger partial charge in [-0.3, -0.25) is 0 Å². The van der Waals surface area contributed by atoms with Gasteiger partial charge in [0.25, 0.3) is 0 Å². The van der Waals surface area contributed by atoms with Gasteiger partial charge in [-0.1, -0.05) is 12.1 Å². The quantitative estimate of drug-likeness (QED) is 0.855. The molecule has 2 aromatic rings. The lowest BCUT2D eigenvalue weighted by molar-refractivity contribution is 0.285. The van der Waals surface area contributed by atoms with E-state index < -0.39 is 11.6 Å². The van der Waals surface area contributed by atoms with Crippen LogP contribution in [0, 0.1) is 11.6 Å². The predicted molar refractivity (Wildman–Crippen MR) is 76.8 cm³/mol. The van der Waals surface area contributed by atoms with Crippen molar-refractivity contribution in [3.05, 3.63) is 34.1 Å². The van der Waals surface area contributed by atoms with E-state index in [1.165, 1.54) is 6.07 Å². The number of halogens is 3. The second kappa shape index (κ2) is 5.46. The average molecular weight is 358 g/mol. The standard InChI is InChI=1S/C14H14BrF2N3O/c1-2-14(5-6-18-7-14)13-19-12(20-21-13)8-3-4-9(16)11(17)10(8)15/h3-4,18H,2,5-7H2,1H3. The van der Waals surface area contributed by atoms with Gasteiger partial charge in [-0.15, -0.1) is 0 Å². The molecule has 1 N–H and O–H groups in total. The smallest absolute Gasteiger partial charge is 0.234 e. The fraction of sp³-hybridized carbons (Fsp3) is 0.429. The van der Waals surface area contributed by atoms with Crippen LogP contribution in [0.2, 0.25) is 0 Å². The summed E-state index contributed by atoms with van der Waals surface area (Å²) < 4.78 is 32.2. The molecule has 7 heteroatoms. The maximum absolute atomic E-state index is 13.6. The summed E-state index contributed by atoms with van der Waals surface area (Å²) in [5, 5.41) is 7.22. The number of rotatable bonds is 3. The molecule has 3 rings (SSSR count). The second-order valence-electron chi connectivity index (χ2n) is 5.21. The lowest BCUT2D eigenvalue weighted by atomic mass is 9.84. The zero-order chi connectivity index (χ0) is 15.0. The van der Waals surface area contributed by atoms with Gasteiger partial charge in [-0.25, -0.2) is 8.78 Å². The molecule has 21 heavy (non-hydrogen) atoms. The molecule has 0 bridgehead atoms. The Balaban J connectivity index is 2.01. The van der Waals surface area contributed by atoms with Crippen molar-refractivity contribution < 1.29 is 13.3 Å². The minimum atomic E-state index is -0.952. The van der Waals surface area contributed by atoms with Crippen LogP contribution in [0.3, 0.4) is 0 Å². The first-order chi connectivity index (χ1) is 10.1. The Morgan fingerprint density at radius 2 is 2.24 bits per heavy atom. The summed E-state index contributed by atoms with van der Waals surface area (Å²) in [6.07, 6.45) is 1.80. The van der Waals surface area contributed by atoms with Crippen molar-refractivity contribution in [3.63, 3.8) is 0 Å². The van der Waals surface area contributed by atoms with Gasteiger partial charge in [-0.05, 0) is 47.4 Å². The third-order valence-corrected chi connectivity index (χ3v) is 4.85. The molecule has 1 unspecified atom stereocenters. The van der Waals surface area contributed by atoms with E-state index >= 15 is 0 Å². The van der Waals surface area contributed by atoms with E-state index in [0.29, 0.717) is 11.5 Å². The molecule has 1 aliphatic rings. The second-order valence-corrected chi connectivity index (χ2v) is 6.00. The molecule has 1 aliphatic heterocycles. The van der Waals surface area contributed by atoms with Crippen LogP contribution in [0.25, 0.3) is 11.4 Å². The lowest BCUT2D eigenvalue weighted by Crippen LogP contribution is -2.28. The SMILES string of the molecule is CCC1(c2nc(-c3ccc(F)c(F)c3Br)no2)CCNC1. The molecule has 112 valence electrons. The van der Waals surface area contributed by atoms with Crippen LogP contribution in [0.15, 0.2) is 21.1 Å². The Morgan fingerprint density at radius 3 is 2.90 bits per heavy atom. The number of hydrogen-bond acceptors (Lipinski definition) is 4. The molecular formula is C14H14BrF2N3O. The predicted octanol–water partition coefficient (Wildman–Crippen LogP) is 3.42. The molecule has 1 aromatic carbocycles. The van der Waals surface area contributed by atoms with Gasteiger partial charge >= 0.3 is 0 Å². The highest BCUT2D eigenvalue weighted by Gasteiger charge is 2.39. The van der Waals surface area contributed by atoms with Crippen molar-refractivity contribution in [2.24, 2.45) is 0 Å². The van der Waals surface area contributed by atoms with Crippen LogP contribution in [-0.2, 0) is 5.41 Å². The average Bonchev–Trinajstić information content (AvgIpc) is 3.14. The maximum Gasteiger partial charge on any atom is 0.234 e. The van der Waals surface area contributed by atoms with Crippen molar-refractivity contribution in [1.82, 2.24) is 15.5 Å². The number of aromatic nitrogens is 2. The summed E-state index contributed by atoms with van der Waals surface area (Å²) in [6.45, 7) is 3.76. The Hall–Kier alpha value is -1.34. The number of nitrogens with zero attached hydrogens (tertiary/aromatic N) is 2. The Bertz CT molecular complexity index is 668. The van der Waals surface area contributed by atoms with E-state index in [4.69, 9.17) is 4.52 Å². The molecule has 0 aliphatic carbocycles. The van der Waals surface area contributed by atoms with Crippen LogP contribution >= 0.6 is 15.9 Å². The van der Waals surface area contributed by atoms with Crippen LogP contribution < -0.4 is 5.32 Å². The van der Waals surface area contributed by atoms with E-state index in [9.17, 15) is 8.78 Å². The summed E-state index contributed by atoms with van der Waals surface area (Å²) in [7, 11) is 0. The number of nitrogens with one attached hydrogen (secondary N) is 1. The zero-order valence-corrected chi connectivity index (χ0v) is 13.0. The molecule has 1 fully saturated rings. The fourth-order valence-electron chi connectivity index (χ4n) is 2.63. The first-order valence-corrected chi connectivity index (χ1v) is 7.55. The van der Waals surface area contributed by atoms with E-state index in [1.54, 1.807) is 0 Å². The lowest BCUT2D eigenvalue weighted by Gasteiger charge is -2.20. The van der Waals surface area contributed by atoms with E-state index in [-0.39, 0.29) is 15.7 Å². The van der Waals surface area contributed by atoms with Crippen molar-refractivity contribution in [2.75, 3.05) is 13.1 Å². The van der Waals surface area contributed by atoms with E-state index in [0.717, 1.165) is 32.0 Å².